The Morgan fingerprint density at radius 3 is 1.84 bits per heavy atom. The molecule has 0 saturated heterocycles. The largest absolute Gasteiger partial charge is 0.0974 e. The lowest BCUT2D eigenvalue weighted by molar-refractivity contribution is 0.797. The number of hydrogen-bond donors (Lipinski definition) is 0. The predicted octanol–water partition coefficient (Wildman–Crippen LogP) is 4.91. The van der Waals surface area contributed by atoms with Gasteiger partial charge in [0.25, 0.3) is 0 Å². The van der Waals surface area contributed by atoms with Gasteiger partial charge in [-0.25, -0.2) is 0 Å². The van der Waals surface area contributed by atoms with Crippen molar-refractivity contribution < 1.29 is 0 Å². The van der Waals surface area contributed by atoms with Crippen LogP contribution in [0.4, 0.5) is 0 Å². The molecule has 2 atom stereocenters. The first-order valence-corrected chi connectivity index (χ1v) is 10.1. The zero-order valence-electron chi connectivity index (χ0n) is 11.6. The summed E-state index contributed by atoms with van der Waals surface area (Å²) < 4.78 is 0. The van der Waals surface area contributed by atoms with E-state index in [1.54, 1.807) is 0 Å². The van der Waals surface area contributed by atoms with Crippen molar-refractivity contribution in [2.75, 3.05) is 0 Å². The summed E-state index contributed by atoms with van der Waals surface area (Å²) in [5.41, 5.74) is 6.13. The second-order valence-electron chi connectivity index (χ2n) is 6.01. The molecule has 0 aliphatic carbocycles. The third-order valence-corrected chi connectivity index (χ3v) is 7.58. The Hall–Kier alpha value is -1.60. The Morgan fingerprint density at radius 2 is 1.26 bits per heavy atom. The van der Waals surface area contributed by atoms with E-state index >= 15 is 0 Å². The minimum Gasteiger partial charge on any atom is -0.0974 e. The molecule has 2 aromatic carbocycles. The van der Waals surface area contributed by atoms with E-state index in [1.807, 2.05) is 0 Å². The molecular formula is C18H20Si. The molecule has 0 amide bonds. The van der Waals surface area contributed by atoms with Crippen molar-refractivity contribution in [3.8, 4) is 0 Å². The van der Waals surface area contributed by atoms with Gasteiger partial charge in [0, 0.05) is 5.92 Å². The van der Waals surface area contributed by atoms with Gasteiger partial charge in [-0.15, -0.1) is 0 Å². The summed E-state index contributed by atoms with van der Waals surface area (Å²) in [6, 6.07) is 22.0. The molecule has 2 aromatic rings. The lowest BCUT2D eigenvalue weighted by Crippen LogP contribution is -2.32. The molecule has 0 radical (unpaired) electrons. The maximum atomic E-state index is 2.52. The molecule has 0 aromatic heterocycles. The van der Waals surface area contributed by atoms with E-state index in [0.29, 0.717) is 11.5 Å². The van der Waals surface area contributed by atoms with Crippen LogP contribution >= 0.6 is 0 Å². The van der Waals surface area contributed by atoms with Crippen LogP contribution in [-0.4, -0.2) is 8.07 Å². The molecule has 1 heterocycles. The molecule has 0 N–H and O–H groups in total. The van der Waals surface area contributed by atoms with Gasteiger partial charge in [-0.2, -0.15) is 0 Å². The van der Waals surface area contributed by atoms with Crippen molar-refractivity contribution in [1.29, 1.82) is 0 Å². The number of benzene rings is 2. The number of allylic oxidation sites excluding steroid dienone is 1. The van der Waals surface area contributed by atoms with Gasteiger partial charge in [0.05, 0.1) is 8.07 Å². The van der Waals surface area contributed by atoms with E-state index in [-0.39, 0.29) is 0 Å². The van der Waals surface area contributed by atoms with Crippen LogP contribution in [0.5, 0.6) is 0 Å². The van der Waals surface area contributed by atoms with Gasteiger partial charge in [-0.3, -0.25) is 0 Å². The average Bonchev–Trinajstić information content (AvgIpc) is 2.76. The van der Waals surface area contributed by atoms with Crippen LogP contribution < -0.4 is 0 Å². The van der Waals surface area contributed by atoms with Gasteiger partial charge in [-0.05, 0) is 16.7 Å². The van der Waals surface area contributed by atoms with E-state index in [0.717, 1.165) is 0 Å². The lowest BCUT2D eigenvalue weighted by Gasteiger charge is -2.30. The Morgan fingerprint density at radius 1 is 0.737 bits per heavy atom. The molecule has 1 aliphatic rings. The Balaban J connectivity index is 2.04. The van der Waals surface area contributed by atoms with Crippen LogP contribution in [0.2, 0.25) is 13.1 Å². The second kappa shape index (κ2) is 4.82. The van der Waals surface area contributed by atoms with Crippen molar-refractivity contribution in [1.82, 2.24) is 0 Å². The molecule has 96 valence electrons. The van der Waals surface area contributed by atoms with Crippen molar-refractivity contribution in [3.05, 3.63) is 83.6 Å². The highest BCUT2D eigenvalue weighted by Crippen LogP contribution is 2.45. The fourth-order valence-corrected chi connectivity index (χ4v) is 6.50. The Bertz CT molecular complexity index is 569. The van der Waals surface area contributed by atoms with Crippen molar-refractivity contribution in [2.45, 2.75) is 24.6 Å². The smallest absolute Gasteiger partial charge is 0.0797 e. The van der Waals surface area contributed by atoms with Gasteiger partial charge >= 0.3 is 0 Å². The fourth-order valence-electron chi connectivity index (χ4n) is 3.31. The van der Waals surface area contributed by atoms with E-state index in [2.05, 4.69) is 85.5 Å². The lowest BCUT2D eigenvalue weighted by atomic mass is 9.92. The van der Waals surface area contributed by atoms with Crippen LogP contribution in [0.25, 0.3) is 0 Å². The molecule has 0 saturated carbocycles. The molecule has 19 heavy (non-hydrogen) atoms. The third kappa shape index (κ3) is 2.31. The van der Waals surface area contributed by atoms with Gasteiger partial charge in [0.2, 0.25) is 0 Å². The Labute approximate surface area is 116 Å². The molecule has 0 unspecified atom stereocenters. The molecule has 0 nitrogen and oxygen atoms in total. The first kappa shape index (κ1) is 12.4. The van der Waals surface area contributed by atoms with Gasteiger partial charge in [0.15, 0.2) is 0 Å². The molecule has 3 rings (SSSR count). The summed E-state index contributed by atoms with van der Waals surface area (Å²) in [6.45, 7) is 4.95. The van der Waals surface area contributed by atoms with Crippen molar-refractivity contribution >= 4 is 8.07 Å². The normalized spacial score (nSPS) is 24.5. The predicted molar refractivity (Wildman–Crippen MR) is 85.0 cm³/mol. The number of hydrogen-bond acceptors (Lipinski definition) is 0. The van der Waals surface area contributed by atoms with Crippen molar-refractivity contribution in [2.24, 2.45) is 0 Å². The third-order valence-electron chi connectivity index (χ3n) is 4.24. The standard InChI is InChI=1S/C18H20Si/c1-19(2)14-13-17(15-9-5-3-6-10-15)18(19)16-11-7-4-8-12-16/h3-14,17-18H,1-2H3/t17-,18+/m0/s1. The Kier molecular flexibility index (Phi) is 3.15. The highest BCUT2D eigenvalue weighted by molar-refractivity contribution is 6.84. The van der Waals surface area contributed by atoms with Crippen LogP contribution in [-0.2, 0) is 0 Å². The van der Waals surface area contributed by atoms with Crippen LogP contribution in [0.3, 0.4) is 0 Å². The van der Waals surface area contributed by atoms with Gasteiger partial charge in [0.1, 0.15) is 0 Å². The van der Waals surface area contributed by atoms with E-state index in [9.17, 15) is 0 Å². The summed E-state index contributed by atoms with van der Waals surface area (Å²) >= 11 is 0. The first-order chi connectivity index (χ1) is 9.18. The summed E-state index contributed by atoms with van der Waals surface area (Å²) in [4.78, 5) is 0. The zero-order valence-corrected chi connectivity index (χ0v) is 12.6. The minimum absolute atomic E-state index is 0.547. The second-order valence-corrected chi connectivity index (χ2v) is 10.6. The SMILES string of the molecule is C[Si]1(C)C=C[C@@H](c2ccccc2)[C@H]1c1ccccc1. The summed E-state index contributed by atoms with van der Waals surface area (Å²) in [5.74, 6) is 0.547. The van der Waals surface area contributed by atoms with Crippen molar-refractivity contribution in [3.63, 3.8) is 0 Å². The number of rotatable bonds is 2. The summed E-state index contributed by atoms with van der Waals surface area (Å²) in [5, 5.41) is 0. The monoisotopic (exact) mass is 264 g/mol. The van der Waals surface area contributed by atoms with E-state index in [1.165, 1.54) is 11.1 Å². The van der Waals surface area contributed by atoms with E-state index < -0.39 is 8.07 Å². The quantitative estimate of drug-likeness (QED) is 0.676. The molecule has 0 spiro atoms. The average molecular weight is 264 g/mol. The van der Waals surface area contributed by atoms with Gasteiger partial charge < -0.3 is 0 Å². The minimum atomic E-state index is -1.34. The van der Waals surface area contributed by atoms with Crippen LogP contribution in [0.15, 0.2) is 72.4 Å². The first-order valence-electron chi connectivity index (χ1n) is 6.98. The topological polar surface area (TPSA) is 0 Å². The highest BCUT2D eigenvalue weighted by atomic mass is 28.3. The molecule has 1 aliphatic heterocycles. The molecule has 1 heteroatoms. The summed E-state index contributed by atoms with van der Waals surface area (Å²) in [6.07, 6.45) is 2.44. The molecular weight excluding hydrogens is 244 g/mol. The zero-order chi connectivity index (χ0) is 13.3. The van der Waals surface area contributed by atoms with Crippen LogP contribution in [0.1, 0.15) is 22.6 Å². The molecule has 0 fully saturated rings. The fraction of sp³-hybridized carbons (Fsp3) is 0.222. The maximum Gasteiger partial charge on any atom is 0.0797 e. The maximum absolute atomic E-state index is 2.52. The van der Waals surface area contributed by atoms with Gasteiger partial charge in [-0.1, -0.05) is 85.5 Å². The summed E-state index contributed by atoms with van der Waals surface area (Å²) in [7, 11) is -1.34. The van der Waals surface area contributed by atoms with E-state index in [4.69, 9.17) is 0 Å². The van der Waals surface area contributed by atoms with Crippen LogP contribution in [0, 0.1) is 0 Å². The highest BCUT2D eigenvalue weighted by Gasteiger charge is 2.40. The molecule has 0 bridgehead atoms.